The van der Waals surface area contributed by atoms with Gasteiger partial charge in [-0.05, 0) is 63.2 Å². The molecule has 1 N–H and O–H groups in total. The number of likely N-dealkylation sites (tertiary alicyclic amines) is 1. The summed E-state index contributed by atoms with van der Waals surface area (Å²) in [5, 5.41) is 12.7. The van der Waals surface area contributed by atoms with Crippen LogP contribution in [-0.2, 0) is 19.3 Å². The van der Waals surface area contributed by atoms with Gasteiger partial charge in [-0.25, -0.2) is 27.8 Å². The highest BCUT2D eigenvalue weighted by Gasteiger charge is 2.47. The molecule has 12 nitrogen and oxygen atoms in total. The zero-order valence-corrected chi connectivity index (χ0v) is 25.5. The molecular weight excluding hydrogens is 596 g/mol. The number of halogens is 2. The van der Waals surface area contributed by atoms with E-state index in [2.05, 4.69) is 24.6 Å². The van der Waals surface area contributed by atoms with Crippen LogP contribution in [0.1, 0.15) is 39.7 Å². The standard InChI is InChI=1S/C29H31F2N7O5S/c1-18(39)38-13-12-24(29(30,31)16-38)42-23-11-6-19(14-20(23)15-32)25-33-17-34-26(36-25)35-21-7-9-22(10-8-21)44(5,41)37-27(40)43-28(2,3)4/h6-11,14,17,24H,12-13,16H2,1-5H3,(H,33,34,35,36). The molecule has 2 aromatic carbocycles. The van der Waals surface area contributed by atoms with E-state index in [4.69, 9.17) is 9.47 Å². The van der Waals surface area contributed by atoms with Gasteiger partial charge in [0.05, 0.1) is 21.8 Å². The number of nitriles is 1. The smallest absolute Gasteiger partial charge is 0.442 e. The second kappa shape index (κ2) is 12.5. The zero-order valence-electron chi connectivity index (χ0n) is 24.7. The highest BCUT2D eigenvalue weighted by Crippen LogP contribution is 2.33. The second-order valence-electron chi connectivity index (χ2n) is 11.1. The van der Waals surface area contributed by atoms with Gasteiger partial charge in [-0.1, -0.05) is 0 Å². The Morgan fingerprint density at radius 2 is 1.89 bits per heavy atom. The van der Waals surface area contributed by atoms with E-state index in [1.165, 1.54) is 31.6 Å². The number of piperidine rings is 1. The molecule has 44 heavy (non-hydrogen) atoms. The first-order chi connectivity index (χ1) is 20.6. The van der Waals surface area contributed by atoms with Crippen LogP contribution >= 0.6 is 0 Å². The number of nitrogens with one attached hydrogen (secondary N) is 1. The number of carbonyl (C=O) groups is 2. The van der Waals surface area contributed by atoms with Gasteiger partial charge in [-0.3, -0.25) is 4.79 Å². The van der Waals surface area contributed by atoms with E-state index in [9.17, 15) is 27.8 Å². The third kappa shape index (κ3) is 8.01. The first-order valence-corrected chi connectivity index (χ1v) is 15.3. The summed E-state index contributed by atoms with van der Waals surface area (Å²) in [6.45, 7) is 5.66. The summed E-state index contributed by atoms with van der Waals surface area (Å²) in [5.41, 5.74) is 0.198. The summed E-state index contributed by atoms with van der Waals surface area (Å²) in [7, 11) is -3.06. The summed E-state index contributed by atoms with van der Waals surface area (Å²) < 4.78 is 56.8. The van der Waals surface area contributed by atoms with Crippen molar-refractivity contribution < 1.29 is 32.1 Å². The molecule has 0 saturated carbocycles. The molecule has 0 spiro atoms. The predicted molar refractivity (Wildman–Crippen MR) is 157 cm³/mol. The van der Waals surface area contributed by atoms with Crippen molar-refractivity contribution in [2.75, 3.05) is 24.7 Å². The van der Waals surface area contributed by atoms with Crippen LogP contribution in [0.4, 0.5) is 25.2 Å². The Balaban J connectivity index is 1.48. The molecule has 0 bridgehead atoms. The molecule has 4 rings (SSSR count). The molecule has 2 atom stereocenters. The lowest BCUT2D eigenvalue weighted by molar-refractivity contribution is -0.158. The SMILES string of the molecule is CC(=O)N1CCC(Oc2ccc(-c3ncnc(Nc4ccc(S(C)(=O)=NC(=O)OC(C)(C)C)cc4)n3)cc2C#N)C(F)(F)C1. The molecule has 1 aliphatic rings. The monoisotopic (exact) mass is 627 g/mol. The zero-order chi connectivity index (χ0) is 32.3. The van der Waals surface area contributed by atoms with Gasteiger partial charge >= 0.3 is 12.0 Å². The van der Waals surface area contributed by atoms with Crippen molar-refractivity contribution in [3.63, 3.8) is 0 Å². The minimum absolute atomic E-state index is 0.0118. The minimum Gasteiger partial charge on any atom is -0.483 e. The fourth-order valence-electron chi connectivity index (χ4n) is 4.24. The average Bonchev–Trinajstić information content (AvgIpc) is 2.93. The van der Waals surface area contributed by atoms with Crippen LogP contribution < -0.4 is 10.1 Å². The molecule has 1 saturated heterocycles. The third-order valence-corrected chi connectivity index (χ3v) is 8.01. The molecule has 1 aromatic heterocycles. The topological polar surface area (TPSA) is 160 Å². The molecule has 1 aliphatic heterocycles. The molecular formula is C29H31F2N7O5S. The van der Waals surface area contributed by atoms with Gasteiger partial charge in [0.2, 0.25) is 11.9 Å². The first kappa shape index (κ1) is 32.2. The normalized spacial score (nSPS) is 17.5. The lowest BCUT2D eigenvalue weighted by atomic mass is 10.0. The maximum absolute atomic E-state index is 14.7. The lowest BCUT2D eigenvalue weighted by Crippen LogP contribution is -2.54. The molecule has 1 fully saturated rings. The number of hydrogen-bond donors (Lipinski definition) is 1. The largest absolute Gasteiger partial charge is 0.483 e. The first-order valence-electron chi connectivity index (χ1n) is 13.4. The van der Waals surface area contributed by atoms with Crippen molar-refractivity contribution in [1.82, 2.24) is 19.9 Å². The van der Waals surface area contributed by atoms with Gasteiger partial charge in [0.1, 0.15) is 23.7 Å². The van der Waals surface area contributed by atoms with Gasteiger partial charge in [-0.15, -0.1) is 4.36 Å². The number of benzene rings is 2. The Kier molecular flexibility index (Phi) is 9.14. The Morgan fingerprint density at radius 1 is 1.18 bits per heavy atom. The van der Waals surface area contributed by atoms with Gasteiger partial charge in [0.15, 0.2) is 11.9 Å². The Hall–Kier alpha value is -4.71. The summed E-state index contributed by atoms with van der Waals surface area (Å²) in [6, 6.07) is 12.7. The number of alkyl halides is 2. The molecule has 2 unspecified atom stereocenters. The van der Waals surface area contributed by atoms with Crippen molar-refractivity contribution in [3.8, 4) is 23.2 Å². The van der Waals surface area contributed by atoms with Crippen LogP contribution in [0.3, 0.4) is 0 Å². The van der Waals surface area contributed by atoms with Crippen molar-refractivity contribution in [1.29, 1.82) is 5.26 Å². The maximum Gasteiger partial charge on any atom is 0.442 e. The lowest BCUT2D eigenvalue weighted by Gasteiger charge is -2.37. The highest BCUT2D eigenvalue weighted by atomic mass is 32.2. The van der Waals surface area contributed by atoms with Gasteiger partial charge in [-0.2, -0.15) is 10.2 Å². The number of nitrogens with zero attached hydrogens (tertiary/aromatic N) is 6. The van der Waals surface area contributed by atoms with Crippen LogP contribution in [-0.4, -0.2) is 73.0 Å². The number of anilines is 2. The fourth-order valence-corrected chi connectivity index (χ4v) is 5.31. The second-order valence-corrected chi connectivity index (χ2v) is 13.3. The van der Waals surface area contributed by atoms with Crippen molar-refractivity contribution in [2.45, 2.75) is 56.6 Å². The number of ether oxygens (including phenoxy) is 2. The molecule has 0 radical (unpaired) electrons. The van der Waals surface area contributed by atoms with Crippen LogP contribution in [0, 0.1) is 11.3 Å². The molecule has 2 amide bonds. The van der Waals surface area contributed by atoms with Gasteiger partial charge < -0.3 is 19.7 Å². The average molecular weight is 628 g/mol. The number of aromatic nitrogens is 3. The van der Waals surface area contributed by atoms with E-state index in [1.807, 2.05) is 6.07 Å². The van der Waals surface area contributed by atoms with Crippen LogP contribution in [0.25, 0.3) is 11.4 Å². The quantitative estimate of drug-likeness (QED) is 0.386. The predicted octanol–water partition coefficient (Wildman–Crippen LogP) is 5.18. The van der Waals surface area contributed by atoms with Gasteiger partial charge in [0.25, 0.3) is 0 Å². The van der Waals surface area contributed by atoms with Crippen LogP contribution in [0.5, 0.6) is 5.75 Å². The molecule has 15 heteroatoms. The van der Waals surface area contributed by atoms with E-state index in [0.29, 0.717) is 16.1 Å². The fraction of sp³-hybridized carbons (Fsp3) is 0.379. The summed E-state index contributed by atoms with van der Waals surface area (Å²) in [6.07, 6.45) is 0.0968. The van der Waals surface area contributed by atoms with Crippen molar-refractivity contribution in [2.24, 2.45) is 4.36 Å². The van der Waals surface area contributed by atoms with E-state index < -0.39 is 45.9 Å². The number of carbonyl (C=O) groups excluding carboxylic acids is 2. The van der Waals surface area contributed by atoms with Crippen molar-refractivity contribution in [3.05, 3.63) is 54.4 Å². The molecule has 2 heterocycles. The van der Waals surface area contributed by atoms with Crippen LogP contribution in [0.2, 0.25) is 0 Å². The molecule has 3 aromatic rings. The Labute approximate surface area is 253 Å². The Bertz CT molecular complexity index is 1730. The Morgan fingerprint density at radius 3 is 2.50 bits per heavy atom. The maximum atomic E-state index is 14.7. The third-order valence-electron chi connectivity index (χ3n) is 6.37. The summed E-state index contributed by atoms with van der Waals surface area (Å²) >= 11 is 0. The molecule has 232 valence electrons. The number of hydrogen-bond acceptors (Lipinski definition) is 10. The molecule has 0 aliphatic carbocycles. The summed E-state index contributed by atoms with van der Waals surface area (Å²) in [4.78, 5) is 37.6. The summed E-state index contributed by atoms with van der Waals surface area (Å²) in [5.74, 6) is -3.38. The van der Waals surface area contributed by atoms with E-state index in [1.54, 1.807) is 51.1 Å². The van der Waals surface area contributed by atoms with Gasteiger partial charge in [0, 0.05) is 42.3 Å². The van der Waals surface area contributed by atoms with E-state index in [0.717, 1.165) is 4.90 Å². The van der Waals surface area contributed by atoms with Crippen molar-refractivity contribution >= 4 is 33.4 Å². The van der Waals surface area contributed by atoms with E-state index in [-0.39, 0.29) is 36.1 Å². The number of amides is 2. The highest BCUT2D eigenvalue weighted by molar-refractivity contribution is 7.93. The van der Waals surface area contributed by atoms with Crippen LogP contribution in [0.15, 0.2) is 58.1 Å². The minimum atomic E-state index is -3.29. The van der Waals surface area contributed by atoms with E-state index >= 15 is 0 Å². The number of rotatable bonds is 6.